The molecule has 4 nitrogen and oxygen atoms in total. The van der Waals surface area contributed by atoms with Crippen molar-refractivity contribution in [1.82, 2.24) is 0 Å². The lowest BCUT2D eigenvalue weighted by Crippen LogP contribution is -2.48. The van der Waals surface area contributed by atoms with Crippen LogP contribution >= 0.6 is 0 Å². The maximum Gasteiger partial charge on any atom is 0.101 e. The van der Waals surface area contributed by atoms with Crippen molar-refractivity contribution >= 4 is 11.4 Å². The van der Waals surface area contributed by atoms with Crippen LogP contribution in [0.25, 0.3) is 0 Å². The number of nitrogen functional groups attached to an aromatic ring is 1. The summed E-state index contributed by atoms with van der Waals surface area (Å²) in [6.45, 7) is 6.52. The number of nitriles is 1. The third-order valence-corrected chi connectivity index (χ3v) is 2.95. The number of morpholine rings is 1. The van der Waals surface area contributed by atoms with Crippen molar-refractivity contribution in [2.24, 2.45) is 0 Å². The number of benzene rings is 1. The van der Waals surface area contributed by atoms with Gasteiger partial charge in [0, 0.05) is 24.5 Å². The van der Waals surface area contributed by atoms with Gasteiger partial charge in [0.15, 0.2) is 0 Å². The molecule has 2 rings (SSSR count). The second kappa shape index (κ2) is 4.27. The largest absolute Gasteiger partial charge is 0.398 e. The normalized spacial score (nSPS) is 18.8. The van der Waals surface area contributed by atoms with Crippen molar-refractivity contribution in [3.8, 4) is 6.07 Å². The van der Waals surface area contributed by atoms with Gasteiger partial charge in [-0.25, -0.2) is 0 Å². The zero-order chi connectivity index (χ0) is 12.5. The molecule has 1 saturated heterocycles. The molecular weight excluding hydrogens is 214 g/mol. The highest BCUT2D eigenvalue weighted by Gasteiger charge is 2.27. The Morgan fingerprint density at radius 1 is 1.47 bits per heavy atom. The number of hydrogen-bond donors (Lipinski definition) is 1. The van der Waals surface area contributed by atoms with Gasteiger partial charge in [0.05, 0.1) is 17.8 Å². The average molecular weight is 231 g/mol. The summed E-state index contributed by atoms with van der Waals surface area (Å²) >= 11 is 0. The monoisotopic (exact) mass is 231 g/mol. The Bertz CT molecular complexity index is 462. The average Bonchev–Trinajstić information content (AvgIpc) is 2.28. The fraction of sp³-hybridized carbons (Fsp3) is 0.462. The second-order valence-electron chi connectivity index (χ2n) is 4.91. The highest BCUT2D eigenvalue weighted by Crippen LogP contribution is 2.25. The summed E-state index contributed by atoms with van der Waals surface area (Å²) in [5.41, 5.74) is 7.67. The lowest BCUT2D eigenvalue weighted by Gasteiger charge is -2.39. The minimum Gasteiger partial charge on any atom is -0.398 e. The molecule has 2 N–H and O–H groups in total. The standard InChI is InChI=1S/C13H17N3O/c1-13(2)9-16(5-6-17-13)11-3-4-12(15)10(7-11)8-14/h3-4,7H,5-6,9,15H2,1-2H3. The van der Waals surface area contributed by atoms with Crippen molar-refractivity contribution in [2.75, 3.05) is 30.3 Å². The second-order valence-corrected chi connectivity index (χ2v) is 4.91. The zero-order valence-electron chi connectivity index (χ0n) is 10.2. The van der Waals surface area contributed by atoms with Crippen LogP contribution in [-0.4, -0.2) is 25.3 Å². The van der Waals surface area contributed by atoms with Crippen LogP contribution in [0.15, 0.2) is 18.2 Å². The molecule has 0 saturated carbocycles. The van der Waals surface area contributed by atoms with Crippen molar-refractivity contribution in [3.63, 3.8) is 0 Å². The van der Waals surface area contributed by atoms with E-state index >= 15 is 0 Å². The summed E-state index contributed by atoms with van der Waals surface area (Å²) in [5.74, 6) is 0. The molecule has 1 aromatic carbocycles. The molecule has 0 radical (unpaired) electrons. The minimum absolute atomic E-state index is 0.146. The molecule has 17 heavy (non-hydrogen) atoms. The molecule has 0 aromatic heterocycles. The molecule has 1 aliphatic rings. The van der Waals surface area contributed by atoms with Crippen LogP contribution in [0.4, 0.5) is 11.4 Å². The maximum absolute atomic E-state index is 8.97. The Balaban J connectivity index is 2.26. The lowest BCUT2D eigenvalue weighted by atomic mass is 10.1. The third kappa shape index (κ3) is 2.51. The van der Waals surface area contributed by atoms with Crippen LogP contribution in [-0.2, 0) is 4.74 Å². The van der Waals surface area contributed by atoms with Gasteiger partial charge < -0.3 is 15.4 Å². The van der Waals surface area contributed by atoms with Crippen LogP contribution in [0.5, 0.6) is 0 Å². The summed E-state index contributed by atoms with van der Waals surface area (Å²) < 4.78 is 5.67. The number of rotatable bonds is 1. The van der Waals surface area contributed by atoms with Crippen molar-refractivity contribution in [1.29, 1.82) is 5.26 Å². The van der Waals surface area contributed by atoms with Gasteiger partial charge in [0.2, 0.25) is 0 Å². The molecule has 0 amide bonds. The molecule has 4 heteroatoms. The SMILES string of the molecule is CC1(C)CN(c2ccc(N)c(C#N)c2)CCO1. The third-order valence-electron chi connectivity index (χ3n) is 2.95. The Kier molecular flexibility index (Phi) is 2.95. The number of nitrogens with zero attached hydrogens (tertiary/aromatic N) is 2. The van der Waals surface area contributed by atoms with Crippen molar-refractivity contribution in [3.05, 3.63) is 23.8 Å². The van der Waals surface area contributed by atoms with E-state index in [0.29, 0.717) is 17.9 Å². The number of ether oxygens (including phenoxy) is 1. The number of anilines is 2. The molecule has 1 heterocycles. The van der Waals surface area contributed by atoms with Crippen LogP contribution in [0.2, 0.25) is 0 Å². The maximum atomic E-state index is 8.97. The first-order valence-electron chi connectivity index (χ1n) is 5.70. The first kappa shape index (κ1) is 11.7. The number of nitrogens with two attached hydrogens (primary N) is 1. The Morgan fingerprint density at radius 3 is 2.88 bits per heavy atom. The lowest BCUT2D eigenvalue weighted by molar-refractivity contribution is -0.0276. The van der Waals surface area contributed by atoms with E-state index in [1.165, 1.54) is 0 Å². The van der Waals surface area contributed by atoms with Gasteiger partial charge in [-0.2, -0.15) is 5.26 Å². The molecular formula is C13H17N3O. The van der Waals surface area contributed by atoms with E-state index in [1.807, 2.05) is 12.1 Å². The van der Waals surface area contributed by atoms with Crippen molar-refractivity contribution < 1.29 is 4.74 Å². The summed E-state index contributed by atoms with van der Waals surface area (Å²) in [6.07, 6.45) is 0. The van der Waals surface area contributed by atoms with Gasteiger partial charge in [-0.3, -0.25) is 0 Å². The summed E-state index contributed by atoms with van der Waals surface area (Å²) in [6, 6.07) is 7.70. The van der Waals surface area contributed by atoms with E-state index in [-0.39, 0.29) is 5.60 Å². The van der Waals surface area contributed by atoms with Gasteiger partial charge >= 0.3 is 0 Å². The number of hydrogen-bond acceptors (Lipinski definition) is 4. The van der Waals surface area contributed by atoms with Gasteiger partial charge in [0.25, 0.3) is 0 Å². The molecule has 1 aliphatic heterocycles. The molecule has 0 aliphatic carbocycles. The highest BCUT2D eigenvalue weighted by molar-refractivity contribution is 5.63. The van der Waals surface area contributed by atoms with Crippen LogP contribution in [0.3, 0.4) is 0 Å². The molecule has 1 fully saturated rings. The summed E-state index contributed by atoms with van der Waals surface area (Å²) in [4.78, 5) is 2.23. The van der Waals surface area contributed by atoms with Gasteiger partial charge in [-0.15, -0.1) is 0 Å². The van der Waals surface area contributed by atoms with Gasteiger partial charge in [-0.1, -0.05) is 0 Å². The fourth-order valence-electron chi connectivity index (χ4n) is 2.07. The molecule has 0 unspecified atom stereocenters. The fourth-order valence-corrected chi connectivity index (χ4v) is 2.07. The van der Waals surface area contributed by atoms with E-state index in [0.717, 1.165) is 18.8 Å². The Morgan fingerprint density at radius 2 is 2.24 bits per heavy atom. The molecule has 0 spiro atoms. The minimum atomic E-state index is -0.146. The first-order chi connectivity index (χ1) is 8.02. The first-order valence-corrected chi connectivity index (χ1v) is 5.70. The van der Waals surface area contributed by atoms with E-state index in [2.05, 4.69) is 24.8 Å². The van der Waals surface area contributed by atoms with E-state index in [9.17, 15) is 0 Å². The Labute approximate surface area is 102 Å². The highest BCUT2D eigenvalue weighted by atomic mass is 16.5. The zero-order valence-corrected chi connectivity index (χ0v) is 10.2. The molecule has 1 aromatic rings. The van der Waals surface area contributed by atoms with Gasteiger partial charge in [0.1, 0.15) is 6.07 Å². The summed E-state index contributed by atoms with van der Waals surface area (Å²) in [7, 11) is 0. The van der Waals surface area contributed by atoms with E-state index in [4.69, 9.17) is 15.7 Å². The predicted octanol–water partition coefficient (Wildman–Crippen LogP) is 1.76. The van der Waals surface area contributed by atoms with Crippen LogP contribution in [0.1, 0.15) is 19.4 Å². The van der Waals surface area contributed by atoms with Gasteiger partial charge in [-0.05, 0) is 32.0 Å². The molecule has 90 valence electrons. The van der Waals surface area contributed by atoms with E-state index in [1.54, 1.807) is 6.07 Å². The smallest absolute Gasteiger partial charge is 0.101 e. The van der Waals surface area contributed by atoms with E-state index < -0.39 is 0 Å². The predicted molar refractivity (Wildman–Crippen MR) is 67.8 cm³/mol. The molecule has 0 atom stereocenters. The Hall–Kier alpha value is -1.73. The van der Waals surface area contributed by atoms with Crippen molar-refractivity contribution in [2.45, 2.75) is 19.4 Å². The summed E-state index contributed by atoms with van der Waals surface area (Å²) in [5, 5.41) is 8.97. The topological polar surface area (TPSA) is 62.3 Å². The van der Waals surface area contributed by atoms with Crippen LogP contribution in [0, 0.1) is 11.3 Å². The van der Waals surface area contributed by atoms with Crippen LogP contribution < -0.4 is 10.6 Å². The molecule has 0 bridgehead atoms. The quantitative estimate of drug-likeness (QED) is 0.748.